The van der Waals surface area contributed by atoms with E-state index in [-0.39, 0.29) is 6.04 Å². The van der Waals surface area contributed by atoms with Gasteiger partial charge in [0.2, 0.25) is 0 Å². The quantitative estimate of drug-likeness (QED) is 0.876. The molecule has 0 amide bonds. The molecule has 0 saturated heterocycles. The topological polar surface area (TPSA) is 72.0 Å². The Morgan fingerprint density at radius 3 is 2.35 bits per heavy atom. The highest BCUT2D eigenvalue weighted by Gasteiger charge is 2.21. The number of rotatable bonds is 4. The number of hydrogen-bond acceptors (Lipinski definition) is 5. The van der Waals surface area contributed by atoms with E-state index < -0.39 is 15.1 Å². The molecule has 0 spiro atoms. The van der Waals surface area contributed by atoms with E-state index in [0.29, 0.717) is 5.82 Å². The van der Waals surface area contributed by atoms with Crippen LogP contribution in [0.1, 0.15) is 42.2 Å². The maximum atomic E-state index is 11.4. The predicted octanol–water partition coefficient (Wildman–Crippen LogP) is 1.17. The molecular formula is C11H19N3O2S. The normalized spacial score (nSPS) is 15.6. The van der Waals surface area contributed by atoms with Gasteiger partial charge >= 0.3 is 0 Å². The summed E-state index contributed by atoms with van der Waals surface area (Å²) in [6, 6.07) is 0.151. The molecule has 1 rings (SSSR count). The summed E-state index contributed by atoms with van der Waals surface area (Å²) >= 11 is 0. The van der Waals surface area contributed by atoms with E-state index >= 15 is 0 Å². The van der Waals surface area contributed by atoms with Crippen molar-refractivity contribution in [3.05, 3.63) is 23.3 Å². The van der Waals surface area contributed by atoms with Gasteiger partial charge in [-0.15, -0.1) is 0 Å². The highest BCUT2D eigenvalue weighted by atomic mass is 32.2. The third-order valence-electron chi connectivity index (χ3n) is 2.94. The second-order valence-electron chi connectivity index (χ2n) is 4.25. The molecule has 1 N–H and O–H groups in total. The Labute approximate surface area is 103 Å². The van der Waals surface area contributed by atoms with Gasteiger partial charge in [-0.3, -0.25) is 0 Å². The fraction of sp³-hybridized carbons (Fsp3) is 0.636. The average molecular weight is 257 g/mol. The molecule has 5 nitrogen and oxygen atoms in total. The van der Waals surface area contributed by atoms with Gasteiger partial charge in [-0.1, -0.05) is 0 Å². The van der Waals surface area contributed by atoms with Gasteiger partial charge in [0.15, 0.2) is 9.84 Å². The minimum atomic E-state index is -3.15. The molecule has 0 radical (unpaired) electrons. The van der Waals surface area contributed by atoms with Crippen molar-refractivity contribution in [1.29, 1.82) is 0 Å². The number of nitrogens with one attached hydrogen (secondary N) is 1. The molecule has 0 bridgehead atoms. The van der Waals surface area contributed by atoms with Crippen molar-refractivity contribution in [3.8, 4) is 0 Å². The zero-order chi connectivity index (χ0) is 13.2. The van der Waals surface area contributed by atoms with Crippen molar-refractivity contribution in [1.82, 2.24) is 15.3 Å². The zero-order valence-electron chi connectivity index (χ0n) is 10.9. The maximum Gasteiger partial charge on any atom is 0.157 e. The Kier molecular flexibility index (Phi) is 4.21. The summed E-state index contributed by atoms with van der Waals surface area (Å²) in [4.78, 5) is 8.42. The Balaban J connectivity index is 3.13. The van der Waals surface area contributed by atoms with E-state index in [1.807, 2.05) is 20.9 Å². The van der Waals surface area contributed by atoms with E-state index in [1.165, 1.54) is 6.26 Å². The Morgan fingerprint density at radius 1 is 1.35 bits per heavy atom. The third kappa shape index (κ3) is 3.23. The van der Waals surface area contributed by atoms with Crippen LogP contribution in [0.5, 0.6) is 0 Å². The lowest BCUT2D eigenvalue weighted by Gasteiger charge is -2.15. The van der Waals surface area contributed by atoms with Gasteiger partial charge in [0, 0.05) is 29.8 Å². The molecule has 0 aliphatic carbocycles. The van der Waals surface area contributed by atoms with Crippen LogP contribution < -0.4 is 5.32 Å². The van der Waals surface area contributed by atoms with Crippen LogP contribution in [-0.4, -0.2) is 31.7 Å². The highest BCUT2D eigenvalue weighted by molar-refractivity contribution is 7.90. The molecule has 2 atom stereocenters. The van der Waals surface area contributed by atoms with Gasteiger partial charge in [-0.2, -0.15) is 0 Å². The first-order valence-corrected chi connectivity index (χ1v) is 7.42. The van der Waals surface area contributed by atoms with Crippen molar-refractivity contribution in [2.75, 3.05) is 13.3 Å². The Hall–Kier alpha value is -1.01. The van der Waals surface area contributed by atoms with Crippen LogP contribution in [0.25, 0.3) is 0 Å². The van der Waals surface area contributed by atoms with Crippen molar-refractivity contribution in [2.45, 2.75) is 32.1 Å². The van der Waals surface area contributed by atoms with Crippen molar-refractivity contribution >= 4 is 9.84 Å². The number of aryl methyl sites for hydroxylation is 1. The lowest BCUT2D eigenvalue weighted by molar-refractivity contribution is 0.587. The second-order valence-corrected chi connectivity index (χ2v) is 6.62. The van der Waals surface area contributed by atoms with Crippen LogP contribution in [0.3, 0.4) is 0 Å². The summed E-state index contributed by atoms with van der Waals surface area (Å²) in [5, 5.41) is 2.44. The third-order valence-corrected chi connectivity index (χ3v) is 4.44. The summed E-state index contributed by atoms with van der Waals surface area (Å²) in [6.07, 6.45) is 2.89. The molecule has 0 aromatic carbocycles. The fourth-order valence-electron chi connectivity index (χ4n) is 1.46. The SMILES string of the molecule is CNC(C)c1cnc(C(C)S(C)(=O)=O)nc1C. The lowest BCUT2D eigenvalue weighted by atomic mass is 10.1. The first-order chi connectivity index (χ1) is 7.77. The Bertz CT molecular complexity index is 499. The molecule has 1 aromatic heterocycles. The molecule has 1 aromatic rings. The maximum absolute atomic E-state index is 11.4. The van der Waals surface area contributed by atoms with E-state index in [4.69, 9.17) is 0 Å². The standard InChI is InChI=1S/C11H19N3O2S/c1-7(12-4)10-6-13-11(14-8(10)2)9(3)17(5,15)16/h6-7,9,12H,1-5H3. The summed E-state index contributed by atoms with van der Waals surface area (Å²) in [5.41, 5.74) is 1.80. The van der Waals surface area contributed by atoms with E-state index in [0.717, 1.165) is 11.3 Å². The zero-order valence-corrected chi connectivity index (χ0v) is 11.7. The minimum Gasteiger partial charge on any atom is -0.313 e. The molecule has 17 heavy (non-hydrogen) atoms. The van der Waals surface area contributed by atoms with Gasteiger partial charge in [-0.25, -0.2) is 18.4 Å². The molecule has 6 heteroatoms. The molecular weight excluding hydrogens is 238 g/mol. The number of aromatic nitrogens is 2. The first kappa shape index (κ1) is 14.1. The summed E-state index contributed by atoms with van der Waals surface area (Å²) in [5.74, 6) is 0.358. The smallest absolute Gasteiger partial charge is 0.157 e. The minimum absolute atomic E-state index is 0.151. The van der Waals surface area contributed by atoms with Gasteiger partial charge in [0.1, 0.15) is 11.1 Å². The summed E-state index contributed by atoms with van der Waals surface area (Å²) in [6.45, 7) is 5.47. The van der Waals surface area contributed by atoms with Crippen molar-refractivity contribution in [3.63, 3.8) is 0 Å². The number of nitrogens with zero attached hydrogens (tertiary/aromatic N) is 2. The predicted molar refractivity (Wildman–Crippen MR) is 67.5 cm³/mol. The fourth-order valence-corrected chi connectivity index (χ4v) is 1.96. The van der Waals surface area contributed by atoms with E-state index in [9.17, 15) is 8.42 Å². The van der Waals surface area contributed by atoms with Crippen molar-refractivity contribution < 1.29 is 8.42 Å². The summed E-state index contributed by atoms with van der Waals surface area (Å²) < 4.78 is 22.9. The monoisotopic (exact) mass is 257 g/mol. The average Bonchev–Trinajstić information content (AvgIpc) is 2.25. The number of sulfone groups is 1. The molecule has 96 valence electrons. The molecule has 0 aliphatic rings. The van der Waals surface area contributed by atoms with Crippen molar-refractivity contribution in [2.24, 2.45) is 0 Å². The van der Waals surface area contributed by atoms with E-state index in [2.05, 4.69) is 15.3 Å². The van der Waals surface area contributed by atoms with Gasteiger partial charge < -0.3 is 5.32 Å². The molecule has 0 aliphatic heterocycles. The lowest BCUT2D eigenvalue weighted by Crippen LogP contribution is -2.17. The van der Waals surface area contributed by atoms with Gasteiger partial charge in [0.05, 0.1) is 0 Å². The molecule has 2 unspecified atom stereocenters. The molecule has 0 saturated carbocycles. The van der Waals surface area contributed by atoms with Crippen LogP contribution in [-0.2, 0) is 9.84 Å². The van der Waals surface area contributed by atoms with Crippen LogP contribution in [0, 0.1) is 6.92 Å². The largest absolute Gasteiger partial charge is 0.313 e. The molecule has 1 heterocycles. The van der Waals surface area contributed by atoms with Crippen LogP contribution in [0.2, 0.25) is 0 Å². The Morgan fingerprint density at radius 2 is 1.94 bits per heavy atom. The van der Waals surface area contributed by atoms with Crippen LogP contribution in [0.15, 0.2) is 6.20 Å². The highest BCUT2D eigenvalue weighted by Crippen LogP contribution is 2.20. The van der Waals surface area contributed by atoms with Crippen LogP contribution >= 0.6 is 0 Å². The van der Waals surface area contributed by atoms with Gasteiger partial charge in [-0.05, 0) is 27.8 Å². The molecule has 0 fully saturated rings. The summed E-state index contributed by atoms with van der Waals surface area (Å²) in [7, 11) is -1.29. The number of hydrogen-bond donors (Lipinski definition) is 1. The van der Waals surface area contributed by atoms with E-state index in [1.54, 1.807) is 13.1 Å². The van der Waals surface area contributed by atoms with Crippen LogP contribution in [0.4, 0.5) is 0 Å². The van der Waals surface area contributed by atoms with Gasteiger partial charge in [0.25, 0.3) is 0 Å². The first-order valence-electron chi connectivity index (χ1n) is 5.47. The second kappa shape index (κ2) is 5.10.